The standard InChI is InChI=1S/C34H40N2O2/c1-7-33(5,8-2)27-14-16-28(17-15-27)36-31(37)29-18-13-24(20-30(29)32(36)38)23-11-12-25-21-35(22-26(25)19-23)34(6,9-3)10-4/h11-20H,7-10,21-22H2,1-6H3. The molecule has 3 aromatic rings. The van der Waals surface area contributed by atoms with Gasteiger partial charge in [0.2, 0.25) is 0 Å². The first-order chi connectivity index (χ1) is 18.2. The second-order valence-electron chi connectivity index (χ2n) is 11.6. The first kappa shape index (κ1) is 26.4. The van der Waals surface area contributed by atoms with E-state index >= 15 is 0 Å². The molecule has 2 amide bonds. The van der Waals surface area contributed by atoms with Gasteiger partial charge in [-0.2, -0.15) is 0 Å². The number of carbonyl (C=O) groups is 2. The molecular weight excluding hydrogens is 468 g/mol. The van der Waals surface area contributed by atoms with E-state index in [1.165, 1.54) is 21.6 Å². The number of benzene rings is 3. The van der Waals surface area contributed by atoms with Gasteiger partial charge >= 0.3 is 0 Å². The minimum absolute atomic E-state index is 0.0913. The molecule has 0 atom stereocenters. The lowest BCUT2D eigenvalue weighted by Crippen LogP contribution is -2.41. The minimum Gasteiger partial charge on any atom is -0.289 e. The number of amides is 2. The molecule has 2 aliphatic rings. The number of carbonyl (C=O) groups excluding carboxylic acids is 2. The molecule has 198 valence electrons. The third-order valence-electron chi connectivity index (χ3n) is 9.82. The van der Waals surface area contributed by atoms with Crippen molar-refractivity contribution in [3.8, 4) is 11.1 Å². The molecule has 2 heterocycles. The first-order valence-electron chi connectivity index (χ1n) is 14.2. The van der Waals surface area contributed by atoms with Gasteiger partial charge in [0, 0.05) is 18.6 Å². The molecule has 0 saturated heterocycles. The van der Waals surface area contributed by atoms with Crippen molar-refractivity contribution in [3.63, 3.8) is 0 Å². The highest BCUT2D eigenvalue weighted by atomic mass is 16.2. The second kappa shape index (κ2) is 9.81. The summed E-state index contributed by atoms with van der Waals surface area (Å²) in [6.07, 6.45) is 4.33. The van der Waals surface area contributed by atoms with Gasteiger partial charge in [0.15, 0.2) is 0 Å². The number of hydrogen-bond donors (Lipinski definition) is 0. The molecule has 0 spiro atoms. The van der Waals surface area contributed by atoms with E-state index in [9.17, 15) is 9.59 Å². The number of imide groups is 1. The number of anilines is 1. The van der Waals surface area contributed by atoms with Crippen LogP contribution in [0.4, 0.5) is 5.69 Å². The highest BCUT2D eigenvalue weighted by molar-refractivity contribution is 6.34. The molecule has 2 aliphatic heterocycles. The van der Waals surface area contributed by atoms with Crippen LogP contribution in [0.25, 0.3) is 11.1 Å². The van der Waals surface area contributed by atoms with Crippen LogP contribution in [0.15, 0.2) is 60.7 Å². The zero-order valence-electron chi connectivity index (χ0n) is 23.7. The van der Waals surface area contributed by atoms with E-state index in [-0.39, 0.29) is 22.8 Å². The number of hydrogen-bond acceptors (Lipinski definition) is 3. The molecule has 0 aliphatic carbocycles. The Kier molecular flexibility index (Phi) is 6.81. The van der Waals surface area contributed by atoms with Crippen molar-refractivity contribution in [2.45, 2.75) is 91.3 Å². The third-order valence-corrected chi connectivity index (χ3v) is 9.82. The van der Waals surface area contributed by atoms with Gasteiger partial charge in [-0.05, 0) is 96.2 Å². The first-order valence-corrected chi connectivity index (χ1v) is 14.2. The van der Waals surface area contributed by atoms with Crippen LogP contribution in [0.1, 0.15) is 105 Å². The SMILES string of the molecule is CCC(C)(CC)c1ccc(N2C(=O)c3ccc(-c4ccc5c(c4)CN(C(C)(CC)CC)C5)cc3C2=O)cc1. The fraction of sp³-hybridized carbons (Fsp3) is 0.412. The molecule has 0 saturated carbocycles. The van der Waals surface area contributed by atoms with Crippen LogP contribution in [0, 0.1) is 0 Å². The molecule has 3 aromatic carbocycles. The van der Waals surface area contributed by atoms with Crippen molar-refractivity contribution < 1.29 is 9.59 Å². The highest BCUT2D eigenvalue weighted by Crippen LogP contribution is 2.38. The summed E-state index contributed by atoms with van der Waals surface area (Å²) in [7, 11) is 0. The lowest BCUT2D eigenvalue weighted by molar-refractivity contribution is 0.0922. The molecular formula is C34H40N2O2. The second-order valence-corrected chi connectivity index (χ2v) is 11.6. The van der Waals surface area contributed by atoms with Crippen LogP contribution in [0.5, 0.6) is 0 Å². The largest absolute Gasteiger partial charge is 0.289 e. The van der Waals surface area contributed by atoms with Crippen LogP contribution in [0.2, 0.25) is 0 Å². The van der Waals surface area contributed by atoms with Crippen LogP contribution in [-0.2, 0) is 18.5 Å². The summed E-state index contributed by atoms with van der Waals surface area (Å²) in [6.45, 7) is 15.5. The van der Waals surface area contributed by atoms with E-state index in [0.29, 0.717) is 16.8 Å². The fourth-order valence-electron chi connectivity index (χ4n) is 5.98. The van der Waals surface area contributed by atoms with Crippen molar-refractivity contribution in [1.29, 1.82) is 0 Å². The van der Waals surface area contributed by atoms with E-state index in [1.807, 2.05) is 30.3 Å². The Balaban J connectivity index is 1.41. The Hall–Kier alpha value is -3.24. The van der Waals surface area contributed by atoms with Gasteiger partial charge in [-0.25, -0.2) is 4.90 Å². The van der Waals surface area contributed by atoms with Crippen molar-refractivity contribution >= 4 is 17.5 Å². The van der Waals surface area contributed by atoms with E-state index < -0.39 is 0 Å². The third kappa shape index (κ3) is 4.19. The molecule has 0 bridgehead atoms. The van der Waals surface area contributed by atoms with Crippen molar-refractivity contribution in [3.05, 3.63) is 88.5 Å². The molecule has 0 fully saturated rings. The Bertz CT molecular complexity index is 1380. The van der Waals surface area contributed by atoms with Gasteiger partial charge in [0.25, 0.3) is 11.8 Å². The van der Waals surface area contributed by atoms with Gasteiger partial charge in [-0.3, -0.25) is 14.5 Å². The van der Waals surface area contributed by atoms with Gasteiger partial charge in [-0.15, -0.1) is 0 Å². The molecule has 0 N–H and O–H groups in total. The van der Waals surface area contributed by atoms with Gasteiger partial charge in [-0.1, -0.05) is 65.0 Å². The maximum absolute atomic E-state index is 13.5. The predicted octanol–water partition coefficient (Wildman–Crippen LogP) is 8.13. The lowest BCUT2D eigenvalue weighted by Gasteiger charge is -2.37. The average molecular weight is 509 g/mol. The predicted molar refractivity (Wildman–Crippen MR) is 156 cm³/mol. The summed E-state index contributed by atoms with van der Waals surface area (Å²) in [4.78, 5) is 30.7. The number of rotatable bonds is 8. The Labute approximate surface area is 227 Å². The zero-order chi connectivity index (χ0) is 27.2. The number of nitrogens with zero attached hydrogens (tertiary/aromatic N) is 2. The van der Waals surface area contributed by atoms with E-state index in [2.05, 4.69) is 76.8 Å². The van der Waals surface area contributed by atoms with Crippen LogP contribution < -0.4 is 4.90 Å². The van der Waals surface area contributed by atoms with Gasteiger partial charge in [0.05, 0.1) is 16.8 Å². The summed E-state index contributed by atoms with van der Waals surface area (Å²) in [5.41, 5.74) is 7.91. The summed E-state index contributed by atoms with van der Waals surface area (Å²) >= 11 is 0. The molecule has 0 aromatic heterocycles. The van der Waals surface area contributed by atoms with Gasteiger partial charge in [0.1, 0.15) is 0 Å². The van der Waals surface area contributed by atoms with Crippen LogP contribution >= 0.6 is 0 Å². The van der Waals surface area contributed by atoms with Crippen molar-refractivity contribution in [1.82, 2.24) is 4.90 Å². The van der Waals surface area contributed by atoms with E-state index in [0.717, 1.165) is 49.9 Å². The average Bonchev–Trinajstić information content (AvgIpc) is 3.50. The van der Waals surface area contributed by atoms with Crippen LogP contribution in [0.3, 0.4) is 0 Å². The summed E-state index contributed by atoms with van der Waals surface area (Å²) in [5.74, 6) is -0.497. The molecule has 5 rings (SSSR count). The van der Waals surface area contributed by atoms with Gasteiger partial charge < -0.3 is 0 Å². The molecule has 4 heteroatoms. The van der Waals surface area contributed by atoms with E-state index in [4.69, 9.17) is 0 Å². The Morgan fingerprint density at radius 1 is 0.658 bits per heavy atom. The quantitative estimate of drug-likeness (QED) is 0.288. The Morgan fingerprint density at radius 3 is 1.87 bits per heavy atom. The summed E-state index contributed by atoms with van der Waals surface area (Å²) < 4.78 is 0. The highest BCUT2D eigenvalue weighted by Gasteiger charge is 2.37. The molecule has 38 heavy (non-hydrogen) atoms. The zero-order valence-corrected chi connectivity index (χ0v) is 23.7. The Morgan fingerprint density at radius 2 is 1.24 bits per heavy atom. The lowest BCUT2D eigenvalue weighted by atomic mass is 9.78. The smallest absolute Gasteiger partial charge is 0.266 e. The molecule has 0 unspecified atom stereocenters. The number of fused-ring (bicyclic) bond motifs is 2. The maximum Gasteiger partial charge on any atom is 0.266 e. The minimum atomic E-state index is -0.249. The van der Waals surface area contributed by atoms with Crippen molar-refractivity contribution in [2.75, 3.05) is 4.90 Å². The monoisotopic (exact) mass is 508 g/mol. The molecule has 4 nitrogen and oxygen atoms in total. The summed E-state index contributed by atoms with van der Waals surface area (Å²) in [6, 6.07) is 20.3. The normalized spacial score (nSPS) is 15.8. The summed E-state index contributed by atoms with van der Waals surface area (Å²) in [5, 5.41) is 0. The fourth-order valence-corrected chi connectivity index (χ4v) is 5.98. The van der Waals surface area contributed by atoms with Crippen LogP contribution in [-0.4, -0.2) is 22.3 Å². The maximum atomic E-state index is 13.5. The van der Waals surface area contributed by atoms with Crippen molar-refractivity contribution in [2.24, 2.45) is 0 Å². The van der Waals surface area contributed by atoms with E-state index in [1.54, 1.807) is 0 Å². The topological polar surface area (TPSA) is 40.6 Å². The molecule has 0 radical (unpaired) electrons.